The Morgan fingerprint density at radius 1 is 0.571 bits per heavy atom. The number of quaternary nitrogens is 1. The summed E-state index contributed by atoms with van der Waals surface area (Å²) in [6, 6.07) is 0. The summed E-state index contributed by atoms with van der Waals surface area (Å²) >= 11 is 0. The normalized spacial score (nSPS) is 16.9. The Morgan fingerprint density at radius 2 is 1.05 bits per heavy atom. The van der Waals surface area contributed by atoms with Crippen molar-refractivity contribution >= 4 is 0 Å². The third kappa shape index (κ3) is 9.50. The molecule has 0 radical (unpaired) electrons. The molecule has 0 N–H and O–H groups in total. The molecule has 1 saturated heterocycles. The van der Waals surface area contributed by atoms with Gasteiger partial charge in [-0.05, 0) is 19.3 Å². The Kier molecular flexibility index (Phi) is 13.5. The molecule has 0 aromatic carbocycles. The second-order valence-electron chi connectivity index (χ2n) is 7.13. The van der Waals surface area contributed by atoms with Crippen molar-refractivity contribution < 1.29 is 9.19 Å². The first-order valence-corrected chi connectivity index (χ1v) is 9.68. The molecule has 1 heterocycles. The van der Waals surface area contributed by atoms with Crippen LogP contribution in [0.1, 0.15) is 97.3 Å². The summed E-state index contributed by atoms with van der Waals surface area (Å²) in [7, 11) is 0. The lowest BCUT2D eigenvalue weighted by Crippen LogP contribution is -3.00. The van der Waals surface area contributed by atoms with Gasteiger partial charge in [0.25, 0.3) is 0 Å². The molecule has 21 heavy (non-hydrogen) atoms. The molecule has 2 heteroatoms. The Labute approximate surface area is 133 Å². The maximum Gasteiger partial charge on any atom is 0.0788 e. The van der Waals surface area contributed by atoms with E-state index in [1.165, 1.54) is 114 Å². The van der Waals surface area contributed by atoms with Crippen molar-refractivity contribution in [2.75, 3.05) is 26.2 Å². The quantitative estimate of drug-likeness (QED) is 0.362. The highest BCUT2D eigenvalue weighted by molar-refractivity contribution is 4.56. The largest absolute Gasteiger partial charge is 1.00 e. The van der Waals surface area contributed by atoms with Gasteiger partial charge in [0.05, 0.1) is 26.2 Å². The fourth-order valence-electron chi connectivity index (χ4n) is 3.97. The predicted octanol–water partition coefficient (Wildman–Crippen LogP) is 2.93. The van der Waals surface area contributed by atoms with E-state index in [9.17, 15) is 0 Å². The lowest BCUT2D eigenvalue weighted by molar-refractivity contribution is -0.917. The SMILES string of the molecule is CCCCCCCCCCCC[N+]1(CCC)CCCC1.[F-]. The van der Waals surface area contributed by atoms with Crippen LogP contribution in [0, 0.1) is 0 Å². The molecule has 0 amide bonds. The van der Waals surface area contributed by atoms with E-state index in [4.69, 9.17) is 0 Å². The summed E-state index contributed by atoms with van der Waals surface area (Å²) in [6.07, 6.45) is 19.0. The maximum absolute atomic E-state index is 2.36. The fraction of sp³-hybridized carbons (Fsp3) is 1.00. The van der Waals surface area contributed by atoms with Gasteiger partial charge in [-0.25, -0.2) is 0 Å². The second-order valence-corrected chi connectivity index (χ2v) is 7.13. The van der Waals surface area contributed by atoms with E-state index in [0.717, 1.165) is 0 Å². The van der Waals surface area contributed by atoms with Gasteiger partial charge in [0.2, 0.25) is 0 Å². The first-order valence-electron chi connectivity index (χ1n) is 9.68. The monoisotopic (exact) mass is 301 g/mol. The number of hydrogen-bond acceptors (Lipinski definition) is 0. The van der Waals surface area contributed by atoms with E-state index in [-0.39, 0.29) is 4.70 Å². The minimum absolute atomic E-state index is 0. The molecule has 128 valence electrons. The van der Waals surface area contributed by atoms with E-state index >= 15 is 0 Å². The average Bonchev–Trinajstić information content (AvgIpc) is 2.90. The summed E-state index contributed by atoms with van der Waals surface area (Å²) < 4.78 is 1.47. The van der Waals surface area contributed by atoms with Crippen LogP contribution in [0.25, 0.3) is 0 Å². The van der Waals surface area contributed by atoms with Crippen molar-refractivity contribution in [3.63, 3.8) is 0 Å². The zero-order chi connectivity index (χ0) is 14.5. The maximum atomic E-state index is 2.36. The molecule has 0 unspecified atom stereocenters. The van der Waals surface area contributed by atoms with Gasteiger partial charge in [-0.1, -0.05) is 65.2 Å². The van der Waals surface area contributed by atoms with E-state index in [0.29, 0.717) is 0 Å². The second kappa shape index (κ2) is 13.5. The van der Waals surface area contributed by atoms with Crippen molar-refractivity contribution in [3.05, 3.63) is 0 Å². The molecule has 1 fully saturated rings. The lowest BCUT2D eigenvalue weighted by Gasteiger charge is -2.34. The summed E-state index contributed by atoms with van der Waals surface area (Å²) in [4.78, 5) is 0. The first kappa shape index (κ1) is 20.9. The van der Waals surface area contributed by atoms with Gasteiger partial charge in [-0.3, -0.25) is 0 Å². The van der Waals surface area contributed by atoms with Crippen LogP contribution in [0.5, 0.6) is 0 Å². The van der Waals surface area contributed by atoms with Crippen LogP contribution in [0.4, 0.5) is 0 Å². The summed E-state index contributed by atoms with van der Waals surface area (Å²) in [6.45, 7) is 10.5. The number of unbranched alkanes of at least 4 members (excludes halogenated alkanes) is 9. The molecule has 0 aromatic rings. The Balaban J connectivity index is 0.00000400. The van der Waals surface area contributed by atoms with Crippen LogP contribution in [-0.4, -0.2) is 30.7 Å². The molecule has 0 aromatic heterocycles. The number of hydrogen-bond donors (Lipinski definition) is 0. The van der Waals surface area contributed by atoms with Crippen LogP contribution in [0.15, 0.2) is 0 Å². The van der Waals surface area contributed by atoms with E-state index in [1.54, 1.807) is 0 Å². The van der Waals surface area contributed by atoms with E-state index < -0.39 is 0 Å². The van der Waals surface area contributed by atoms with E-state index in [2.05, 4.69) is 13.8 Å². The van der Waals surface area contributed by atoms with Crippen LogP contribution in [0.2, 0.25) is 0 Å². The smallest absolute Gasteiger partial charge is 0.0788 e. The van der Waals surface area contributed by atoms with Crippen LogP contribution in [0.3, 0.4) is 0 Å². The summed E-state index contributed by atoms with van der Waals surface area (Å²) in [5.74, 6) is 0. The number of likely N-dealkylation sites (tertiary alicyclic amines) is 1. The standard InChI is InChI=1S/C19H40N.FH/c1-3-5-6-7-8-9-10-11-12-13-17-20(16-4-2)18-14-15-19-20;/h3-19H2,1-2H3;1H/q+1;/p-1. The van der Waals surface area contributed by atoms with Crippen molar-refractivity contribution in [2.24, 2.45) is 0 Å². The summed E-state index contributed by atoms with van der Waals surface area (Å²) in [5, 5.41) is 0. The van der Waals surface area contributed by atoms with Gasteiger partial charge in [-0.2, -0.15) is 0 Å². The molecule has 1 aliphatic rings. The molecular formula is C19H40FN. The molecule has 0 spiro atoms. The van der Waals surface area contributed by atoms with Gasteiger partial charge in [0.1, 0.15) is 0 Å². The van der Waals surface area contributed by atoms with Gasteiger partial charge < -0.3 is 9.19 Å². The lowest BCUT2D eigenvalue weighted by atomic mass is 10.1. The molecule has 1 aliphatic heterocycles. The highest BCUT2D eigenvalue weighted by atomic mass is 19.0. The van der Waals surface area contributed by atoms with Gasteiger partial charge in [-0.15, -0.1) is 0 Å². The van der Waals surface area contributed by atoms with Crippen LogP contribution < -0.4 is 4.70 Å². The molecule has 1 nitrogen and oxygen atoms in total. The zero-order valence-corrected chi connectivity index (χ0v) is 14.8. The third-order valence-electron chi connectivity index (χ3n) is 5.20. The first-order chi connectivity index (χ1) is 9.83. The van der Waals surface area contributed by atoms with E-state index in [1.807, 2.05) is 0 Å². The van der Waals surface area contributed by atoms with Crippen LogP contribution in [-0.2, 0) is 0 Å². The minimum atomic E-state index is 0. The topological polar surface area (TPSA) is 0 Å². The average molecular weight is 302 g/mol. The number of rotatable bonds is 13. The molecule has 0 saturated carbocycles. The minimum Gasteiger partial charge on any atom is -1.00 e. The highest BCUT2D eigenvalue weighted by Gasteiger charge is 2.29. The fourth-order valence-corrected chi connectivity index (χ4v) is 3.97. The Bertz CT molecular complexity index is 212. The number of halogens is 1. The Hall–Kier alpha value is -0.110. The molecular weight excluding hydrogens is 261 g/mol. The zero-order valence-electron chi connectivity index (χ0n) is 14.8. The van der Waals surface area contributed by atoms with Crippen LogP contribution >= 0.6 is 0 Å². The molecule has 0 aliphatic carbocycles. The summed E-state index contributed by atoms with van der Waals surface area (Å²) in [5.41, 5.74) is 0. The molecule has 0 atom stereocenters. The van der Waals surface area contributed by atoms with Crippen molar-refractivity contribution in [2.45, 2.75) is 97.3 Å². The van der Waals surface area contributed by atoms with Gasteiger partial charge in [0, 0.05) is 12.8 Å². The van der Waals surface area contributed by atoms with Crippen molar-refractivity contribution in [1.82, 2.24) is 0 Å². The van der Waals surface area contributed by atoms with Crippen molar-refractivity contribution in [3.8, 4) is 0 Å². The van der Waals surface area contributed by atoms with Gasteiger partial charge >= 0.3 is 0 Å². The molecule has 0 bridgehead atoms. The molecule has 1 rings (SSSR count). The van der Waals surface area contributed by atoms with Gasteiger partial charge in [0.15, 0.2) is 0 Å². The van der Waals surface area contributed by atoms with Crippen molar-refractivity contribution in [1.29, 1.82) is 0 Å². The third-order valence-corrected chi connectivity index (χ3v) is 5.20. The predicted molar refractivity (Wildman–Crippen MR) is 91.1 cm³/mol. The number of nitrogens with zero attached hydrogens (tertiary/aromatic N) is 1. The highest BCUT2D eigenvalue weighted by Crippen LogP contribution is 2.21. The Morgan fingerprint density at radius 3 is 1.52 bits per heavy atom.